The number of aliphatic hydroxyl groups is 1. The molecule has 0 aromatic heterocycles. The van der Waals surface area contributed by atoms with Crippen LogP contribution in [-0.2, 0) is 6.61 Å². The van der Waals surface area contributed by atoms with E-state index in [0.29, 0.717) is 5.56 Å². The number of hydrogen-bond donors (Lipinski definition) is 1. The standard InChI is InChI=1S/C12H14O2/c13-8-10-4-1-2-7-11(10)12(14)9-5-3-6-9/h1-2,4,7,9,13H,3,5-6,8H2. The molecule has 1 N–H and O–H groups in total. The third kappa shape index (κ3) is 1.58. The monoisotopic (exact) mass is 190 g/mol. The lowest BCUT2D eigenvalue weighted by Crippen LogP contribution is -2.23. The van der Waals surface area contributed by atoms with Crippen LogP contribution in [0.3, 0.4) is 0 Å². The first-order valence-corrected chi connectivity index (χ1v) is 5.06. The molecule has 0 bridgehead atoms. The fourth-order valence-electron chi connectivity index (χ4n) is 1.79. The van der Waals surface area contributed by atoms with Crippen LogP contribution in [0.4, 0.5) is 0 Å². The van der Waals surface area contributed by atoms with E-state index in [2.05, 4.69) is 0 Å². The van der Waals surface area contributed by atoms with Gasteiger partial charge in [-0.25, -0.2) is 0 Å². The zero-order valence-corrected chi connectivity index (χ0v) is 8.07. The number of hydrogen-bond acceptors (Lipinski definition) is 2. The second kappa shape index (κ2) is 3.93. The topological polar surface area (TPSA) is 37.3 Å². The molecule has 2 rings (SSSR count). The highest BCUT2D eigenvalue weighted by Crippen LogP contribution is 2.30. The zero-order chi connectivity index (χ0) is 9.97. The Labute approximate surface area is 83.6 Å². The molecular weight excluding hydrogens is 176 g/mol. The van der Waals surface area contributed by atoms with E-state index in [0.717, 1.165) is 24.8 Å². The van der Waals surface area contributed by atoms with Gasteiger partial charge in [0.1, 0.15) is 0 Å². The Morgan fingerprint density at radius 3 is 2.64 bits per heavy atom. The van der Waals surface area contributed by atoms with Gasteiger partial charge in [0.2, 0.25) is 0 Å². The van der Waals surface area contributed by atoms with Crippen molar-refractivity contribution in [3.8, 4) is 0 Å². The quantitative estimate of drug-likeness (QED) is 0.741. The van der Waals surface area contributed by atoms with Gasteiger partial charge in [-0.15, -0.1) is 0 Å². The maximum absolute atomic E-state index is 11.9. The smallest absolute Gasteiger partial charge is 0.166 e. The molecule has 1 aliphatic carbocycles. The van der Waals surface area contributed by atoms with Crippen molar-refractivity contribution < 1.29 is 9.90 Å². The summed E-state index contributed by atoms with van der Waals surface area (Å²) in [6.45, 7) is -0.0470. The number of rotatable bonds is 3. The highest BCUT2D eigenvalue weighted by Gasteiger charge is 2.27. The molecule has 2 heteroatoms. The Bertz CT molecular complexity index is 340. The van der Waals surface area contributed by atoms with Crippen LogP contribution in [0.25, 0.3) is 0 Å². The first-order chi connectivity index (χ1) is 6.83. The van der Waals surface area contributed by atoms with Gasteiger partial charge in [0.05, 0.1) is 6.61 Å². The van der Waals surface area contributed by atoms with Gasteiger partial charge in [-0.1, -0.05) is 30.7 Å². The molecular formula is C12H14O2. The van der Waals surface area contributed by atoms with E-state index in [-0.39, 0.29) is 18.3 Å². The van der Waals surface area contributed by atoms with Gasteiger partial charge in [0.25, 0.3) is 0 Å². The number of Topliss-reactive ketones (excluding diaryl/α,β-unsaturated/α-hetero) is 1. The van der Waals surface area contributed by atoms with E-state index >= 15 is 0 Å². The number of carbonyl (C=O) groups excluding carboxylic acids is 1. The average molecular weight is 190 g/mol. The summed E-state index contributed by atoms with van der Waals surface area (Å²) in [6.07, 6.45) is 3.19. The minimum atomic E-state index is -0.0470. The van der Waals surface area contributed by atoms with Crippen molar-refractivity contribution in [1.29, 1.82) is 0 Å². The molecule has 1 fully saturated rings. The fourth-order valence-corrected chi connectivity index (χ4v) is 1.79. The number of carbonyl (C=O) groups is 1. The highest BCUT2D eigenvalue weighted by atomic mass is 16.3. The summed E-state index contributed by atoms with van der Waals surface area (Å²) in [5, 5.41) is 9.09. The summed E-state index contributed by atoms with van der Waals surface area (Å²) in [5.74, 6) is 0.420. The molecule has 0 unspecified atom stereocenters. The molecule has 0 amide bonds. The van der Waals surface area contributed by atoms with Crippen LogP contribution in [-0.4, -0.2) is 10.9 Å². The van der Waals surface area contributed by atoms with Crippen LogP contribution in [0.15, 0.2) is 24.3 Å². The Hall–Kier alpha value is -1.15. The molecule has 1 aromatic rings. The van der Waals surface area contributed by atoms with E-state index in [1.807, 2.05) is 24.3 Å². The lowest BCUT2D eigenvalue weighted by molar-refractivity contribution is 0.0852. The molecule has 1 saturated carbocycles. The Morgan fingerprint density at radius 1 is 1.36 bits per heavy atom. The lowest BCUT2D eigenvalue weighted by atomic mass is 9.79. The van der Waals surface area contributed by atoms with Gasteiger partial charge in [0, 0.05) is 11.5 Å². The fraction of sp³-hybridized carbons (Fsp3) is 0.417. The van der Waals surface area contributed by atoms with Crippen LogP contribution in [0.2, 0.25) is 0 Å². The first kappa shape index (κ1) is 9.41. The maximum Gasteiger partial charge on any atom is 0.166 e. The van der Waals surface area contributed by atoms with Crippen LogP contribution in [0, 0.1) is 5.92 Å². The first-order valence-electron chi connectivity index (χ1n) is 5.06. The Morgan fingerprint density at radius 2 is 2.07 bits per heavy atom. The molecule has 1 aliphatic rings. The molecule has 0 atom stereocenters. The average Bonchev–Trinajstić information content (AvgIpc) is 2.15. The molecule has 0 aliphatic heterocycles. The van der Waals surface area contributed by atoms with Crippen molar-refractivity contribution in [1.82, 2.24) is 0 Å². The summed E-state index contributed by atoms with van der Waals surface area (Å²) in [7, 11) is 0. The minimum Gasteiger partial charge on any atom is -0.392 e. The van der Waals surface area contributed by atoms with Crippen molar-refractivity contribution in [2.24, 2.45) is 5.92 Å². The maximum atomic E-state index is 11.9. The third-order valence-electron chi connectivity index (χ3n) is 2.93. The van der Waals surface area contributed by atoms with Crippen molar-refractivity contribution >= 4 is 5.78 Å². The molecule has 0 heterocycles. The van der Waals surface area contributed by atoms with Gasteiger partial charge in [-0.2, -0.15) is 0 Å². The second-order valence-corrected chi connectivity index (χ2v) is 3.81. The number of ketones is 1. The molecule has 2 nitrogen and oxygen atoms in total. The van der Waals surface area contributed by atoms with E-state index in [1.54, 1.807) is 0 Å². The molecule has 1 aromatic carbocycles. The van der Waals surface area contributed by atoms with E-state index in [1.165, 1.54) is 0 Å². The Balaban J connectivity index is 2.25. The zero-order valence-electron chi connectivity index (χ0n) is 8.07. The minimum absolute atomic E-state index is 0.0470. The van der Waals surface area contributed by atoms with Crippen molar-refractivity contribution in [2.45, 2.75) is 25.9 Å². The predicted octanol–water partition coefficient (Wildman–Crippen LogP) is 2.16. The number of aliphatic hydroxyl groups excluding tert-OH is 1. The Kier molecular flexibility index (Phi) is 2.64. The van der Waals surface area contributed by atoms with Crippen LogP contribution in [0.1, 0.15) is 35.2 Å². The molecule has 74 valence electrons. The van der Waals surface area contributed by atoms with Gasteiger partial charge in [0.15, 0.2) is 5.78 Å². The summed E-state index contributed by atoms with van der Waals surface area (Å²) in [6, 6.07) is 7.33. The van der Waals surface area contributed by atoms with Crippen molar-refractivity contribution in [3.63, 3.8) is 0 Å². The van der Waals surface area contributed by atoms with E-state index < -0.39 is 0 Å². The van der Waals surface area contributed by atoms with Gasteiger partial charge in [-0.05, 0) is 18.4 Å². The lowest BCUT2D eigenvalue weighted by Gasteiger charge is -2.24. The normalized spacial score (nSPS) is 16.4. The van der Waals surface area contributed by atoms with E-state index in [9.17, 15) is 4.79 Å². The van der Waals surface area contributed by atoms with Gasteiger partial charge < -0.3 is 5.11 Å². The summed E-state index contributed by atoms with van der Waals surface area (Å²) >= 11 is 0. The largest absolute Gasteiger partial charge is 0.392 e. The van der Waals surface area contributed by atoms with E-state index in [4.69, 9.17) is 5.11 Å². The van der Waals surface area contributed by atoms with Crippen molar-refractivity contribution in [3.05, 3.63) is 35.4 Å². The van der Waals surface area contributed by atoms with Gasteiger partial charge in [-0.3, -0.25) is 4.79 Å². The SMILES string of the molecule is O=C(c1ccccc1CO)C1CCC1. The molecule has 0 radical (unpaired) electrons. The van der Waals surface area contributed by atoms with Gasteiger partial charge >= 0.3 is 0 Å². The molecule has 0 saturated heterocycles. The molecule has 0 spiro atoms. The van der Waals surface area contributed by atoms with Crippen LogP contribution in [0.5, 0.6) is 0 Å². The molecule has 14 heavy (non-hydrogen) atoms. The third-order valence-corrected chi connectivity index (χ3v) is 2.93. The van der Waals surface area contributed by atoms with Crippen LogP contribution >= 0.6 is 0 Å². The number of benzene rings is 1. The summed E-state index contributed by atoms with van der Waals surface area (Å²) in [5.41, 5.74) is 1.46. The summed E-state index contributed by atoms with van der Waals surface area (Å²) in [4.78, 5) is 11.9. The summed E-state index contributed by atoms with van der Waals surface area (Å²) < 4.78 is 0. The second-order valence-electron chi connectivity index (χ2n) is 3.81. The van der Waals surface area contributed by atoms with Crippen molar-refractivity contribution in [2.75, 3.05) is 0 Å². The van der Waals surface area contributed by atoms with Crippen LogP contribution < -0.4 is 0 Å². The highest BCUT2D eigenvalue weighted by molar-refractivity contribution is 5.99. The predicted molar refractivity (Wildman–Crippen MR) is 54.0 cm³/mol.